The molecule has 90 valence electrons. The number of rotatable bonds is 5. The molecule has 0 radical (unpaired) electrons. The molecule has 16 heavy (non-hydrogen) atoms. The van der Waals surface area contributed by atoms with E-state index in [0.29, 0.717) is 12.6 Å². The Morgan fingerprint density at radius 1 is 1.50 bits per heavy atom. The maximum Gasteiger partial charge on any atom is 0.237 e. The van der Waals surface area contributed by atoms with E-state index in [2.05, 4.69) is 17.2 Å². The first-order valence-electron chi connectivity index (χ1n) is 6.35. The lowest BCUT2D eigenvalue weighted by Crippen LogP contribution is -2.48. The van der Waals surface area contributed by atoms with Crippen molar-refractivity contribution in [3.63, 3.8) is 0 Å². The van der Waals surface area contributed by atoms with Crippen LogP contribution in [0.4, 0.5) is 0 Å². The van der Waals surface area contributed by atoms with Gasteiger partial charge in [-0.1, -0.05) is 12.5 Å². The quantitative estimate of drug-likeness (QED) is 0.691. The number of fused-ring (bicyclic) bond motifs is 2. The first-order chi connectivity index (χ1) is 7.70. The van der Waals surface area contributed by atoms with E-state index in [9.17, 15) is 4.79 Å². The lowest BCUT2D eigenvalue weighted by molar-refractivity contribution is -0.122. The second kappa shape index (κ2) is 5.00. The molecule has 0 aliphatic heterocycles. The fourth-order valence-electron chi connectivity index (χ4n) is 3.17. The minimum Gasteiger partial charge on any atom is -0.351 e. The van der Waals surface area contributed by atoms with Crippen LogP contribution in [0.25, 0.3) is 0 Å². The molecule has 0 aromatic rings. The van der Waals surface area contributed by atoms with Gasteiger partial charge in [-0.3, -0.25) is 4.79 Å². The highest BCUT2D eigenvalue weighted by Crippen LogP contribution is 2.44. The predicted molar refractivity (Wildman–Crippen MR) is 65.0 cm³/mol. The van der Waals surface area contributed by atoms with Crippen LogP contribution in [-0.2, 0) is 4.79 Å². The molecule has 4 unspecified atom stereocenters. The Balaban J connectivity index is 1.76. The highest BCUT2D eigenvalue weighted by molar-refractivity contribution is 5.81. The summed E-state index contributed by atoms with van der Waals surface area (Å²) in [5.41, 5.74) is 0. The minimum atomic E-state index is -0.0794. The first kappa shape index (κ1) is 11.6. The number of amides is 1. The Morgan fingerprint density at radius 3 is 2.88 bits per heavy atom. The maximum absolute atomic E-state index is 11.7. The molecule has 2 N–H and O–H groups in total. The van der Waals surface area contributed by atoms with Crippen molar-refractivity contribution in [1.29, 1.82) is 0 Å². The molecule has 0 aromatic heterocycles. The van der Waals surface area contributed by atoms with Crippen LogP contribution < -0.4 is 10.6 Å². The van der Waals surface area contributed by atoms with E-state index in [-0.39, 0.29) is 11.9 Å². The van der Waals surface area contributed by atoms with Crippen molar-refractivity contribution in [3.05, 3.63) is 12.7 Å². The summed E-state index contributed by atoms with van der Waals surface area (Å²) in [6.45, 7) is 6.10. The highest BCUT2D eigenvalue weighted by Gasteiger charge is 2.40. The topological polar surface area (TPSA) is 41.1 Å². The van der Waals surface area contributed by atoms with Gasteiger partial charge >= 0.3 is 0 Å². The molecule has 2 aliphatic carbocycles. The van der Waals surface area contributed by atoms with Crippen molar-refractivity contribution in [2.24, 2.45) is 11.8 Å². The summed E-state index contributed by atoms with van der Waals surface area (Å²) in [5, 5.41) is 6.30. The van der Waals surface area contributed by atoms with Gasteiger partial charge in [-0.25, -0.2) is 0 Å². The van der Waals surface area contributed by atoms with Crippen LogP contribution in [-0.4, -0.2) is 24.5 Å². The van der Waals surface area contributed by atoms with E-state index in [4.69, 9.17) is 0 Å². The molecule has 0 heterocycles. The third-order valence-electron chi connectivity index (χ3n) is 4.02. The number of carbonyl (C=O) groups excluding carboxylic acids is 1. The molecule has 2 aliphatic rings. The molecule has 0 spiro atoms. The number of hydrogen-bond acceptors (Lipinski definition) is 2. The van der Waals surface area contributed by atoms with Gasteiger partial charge in [0.25, 0.3) is 0 Å². The van der Waals surface area contributed by atoms with E-state index in [1.807, 2.05) is 6.92 Å². The fourth-order valence-corrected chi connectivity index (χ4v) is 3.17. The summed E-state index contributed by atoms with van der Waals surface area (Å²) < 4.78 is 0. The number of hydrogen-bond donors (Lipinski definition) is 2. The third-order valence-corrected chi connectivity index (χ3v) is 4.02. The van der Waals surface area contributed by atoms with Gasteiger partial charge in [0.15, 0.2) is 0 Å². The van der Waals surface area contributed by atoms with Gasteiger partial charge in [0.2, 0.25) is 5.91 Å². The molecule has 2 bridgehead atoms. The van der Waals surface area contributed by atoms with Crippen LogP contribution in [0.1, 0.15) is 32.6 Å². The highest BCUT2D eigenvalue weighted by atomic mass is 16.2. The molecule has 1 amide bonds. The summed E-state index contributed by atoms with van der Waals surface area (Å²) in [5.74, 6) is 1.83. The molecule has 0 aromatic carbocycles. The SMILES string of the molecule is C=CCNC(=O)C(C)NC1CC2CCC1C2. The normalized spacial score (nSPS) is 33.7. The Morgan fingerprint density at radius 2 is 2.31 bits per heavy atom. The lowest BCUT2D eigenvalue weighted by Gasteiger charge is -2.26. The van der Waals surface area contributed by atoms with E-state index in [0.717, 1.165) is 11.8 Å². The molecule has 2 saturated carbocycles. The van der Waals surface area contributed by atoms with E-state index in [1.165, 1.54) is 25.7 Å². The van der Waals surface area contributed by atoms with E-state index < -0.39 is 0 Å². The molecule has 2 fully saturated rings. The summed E-state index contributed by atoms with van der Waals surface area (Å²) in [4.78, 5) is 11.7. The molecule has 0 saturated heterocycles. The molecule has 4 atom stereocenters. The van der Waals surface area contributed by atoms with Crippen LogP contribution in [0.5, 0.6) is 0 Å². The molecule has 3 heteroatoms. The van der Waals surface area contributed by atoms with Gasteiger partial charge < -0.3 is 10.6 Å². The summed E-state index contributed by atoms with van der Waals surface area (Å²) in [6.07, 6.45) is 7.10. The number of nitrogens with one attached hydrogen (secondary N) is 2. The second-order valence-electron chi connectivity index (χ2n) is 5.20. The largest absolute Gasteiger partial charge is 0.351 e. The van der Waals surface area contributed by atoms with Gasteiger partial charge in [-0.15, -0.1) is 6.58 Å². The van der Waals surface area contributed by atoms with Gasteiger partial charge in [-0.2, -0.15) is 0 Å². The van der Waals surface area contributed by atoms with E-state index in [1.54, 1.807) is 6.08 Å². The van der Waals surface area contributed by atoms with Crippen molar-refractivity contribution in [1.82, 2.24) is 10.6 Å². The van der Waals surface area contributed by atoms with Crippen LogP contribution in [0.3, 0.4) is 0 Å². The number of carbonyl (C=O) groups is 1. The summed E-state index contributed by atoms with van der Waals surface area (Å²) in [6, 6.07) is 0.493. The lowest BCUT2D eigenvalue weighted by atomic mass is 9.95. The molecule has 3 nitrogen and oxygen atoms in total. The van der Waals surface area contributed by atoms with Crippen molar-refractivity contribution >= 4 is 5.91 Å². The van der Waals surface area contributed by atoms with Crippen molar-refractivity contribution < 1.29 is 4.79 Å². The Hall–Kier alpha value is -0.830. The van der Waals surface area contributed by atoms with Gasteiger partial charge in [0.1, 0.15) is 0 Å². The fraction of sp³-hybridized carbons (Fsp3) is 0.769. The third kappa shape index (κ3) is 2.46. The van der Waals surface area contributed by atoms with Crippen molar-refractivity contribution in [3.8, 4) is 0 Å². The van der Waals surface area contributed by atoms with Crippen LogP contribution >= 0.6 is 0 Å². The molecular weight excluding hydrogens is 200 g/mol. The van der Waals surface area contributed by atoms with E-state index >= 15 is 0 Å². The Bertz CT molecular complexity index is 277. The average molecular weight is 222 g/mol. The monoisotopic (exact) mass is 222 g/mol. The van der Waals surface area contributed by atoms with Crippen LogP contribution in [0.15, 0.2) is 12.7 Å². The summed E-state index contributed by atoms with van der Waals surface area (Å²) in [7, 11) is 0. The predicted octanol–water partition coefficient (Wildman–Crippen LogP) is 1.46. The molecular formula is C13H22N2O. The zero-order valence-electron chi connectivity index (χ0n) is 10.0. The summed E-state index contributed by atoms with van der Waals surface area (Å²) >= 11 is 0. The zero-order valence-corrected chi connectivity index (χ0v) is 10.0. The van der Waals surface area contributed by atoms with Crippen molar-refractivity contribution in [2.75, 3.05) is 6.54 Å². The van der Waals surface area contributed by atoms with Gasteiger partial charge in [0.05, 0.1) is 6.04 Å². The average Bonchev–Trinajstić information content (AvgIpc) is 2.87. The Labute approximate surface area is 97.7 Å². The second-order valence-corrected chi connectivity index (χ2v) is 5.20. The standard InChI is InChI=1S/C13H22N2O/c1-3-6-14-13(16)9(2)15-12-8-10-4-5-11(12)7-10/h3,9-12,15H,1,4-8H2,2H3,(H,14,16). The minimum absolute atomic E-state index is 0.0794. The van der Waals surface area contributed by atoms with Gasteiger partial charge in [-0.05, 0) is 38.0 Å². The molecule has 2 rings (SSSR count). The zero-order chi connectivity index (χ0) is 11.5. The van der Waals surface area contributed by atoms with Gasteiger partial charge in [0, 0.05) is 12.6 Å². The smallest absolute Gasteiger partial charge is 0.237 e. The van der Waals surface area contributed by atoms with Crippen molar-refractivity contribution in [2.45, 2.75) is 44.7 Å². The maximum atomic E-state index is 11.7. The van der Waals surface area contributed by atoms with Crippen LogP contribution in [0.2, 0.25) is 0 Å². The Kier molecular flexibility index (Phi) is 3.64. The van der Waals surface area contributed by atoms with Crippen LogP contribution in [0, 0.1) is 11.8 Å². The first-order valence-corrected chi connectivity index (χ1v) is 6.35.